The number of alkyl halides is 6. The minimum Gasteiger partial charge on any atom is -0.484 e. The van der Waals surface area contributed by atoms with Crippen molar-refractivity contribution in [2.24, 2.45) is 4.99 Å². The van der Waals surface area contributed by atoms with Gasteiger partial charge in [0.1, 0.15) is 11.5 Å². The number of hydrogen-bond donors (Lipinski definition) is 1. The number of nitrogens with two attached hydrogens (primary N) is 1. The lowest BCUT2D eigenvalue weighted by molar-refractivity contribution is -0.154. The molecule has 0 aliphatic rings. The van der Waals surface area contributed by atoms with Crippen LogP contribution >= 0.6 is 12.2 Å². The highest BCUT2D eigenvalue weighted by Gasteiger charge is 2.28. The SMILES string of the molecule is FC(F)(F)COc1ccc(N=C=S)cc1.Nc1ccc(OCC(F)(F)F)cc1. The summed E-state index contributed by atoms with van der Waals surface area (Å²) < 4.78 is 79.3. The summed E-state index contributed by atoms with van der Waals surface area (Å²) in [5.74, 6) is 0.294. The van der Waals surface area contributed by atoms with Gasteiger partial charge in [-0.2, -0.15) is 31.3 Å². The number of anilines is 1. The smallest absolute Gasteiger partial charge is 0.422 e. The molecule has 0 saturated heterocycles. The second-order valence-electron chi connectivity index (χ2n) is 5.07. The lowest BCUT2D eigenvalue weighted by atomic mass is 10.3. The van der Waals surface area contributed by atoms with Gasteiger partial charge in [0.15, 0.2) is 13.2 Å². The monoisotopic (exact) mass is 424 g/mol. The number of ether oxygens (including phenoxy) is 2. The predicted molar refractivity (Wildman–Crippen MR) is 95.1 cm³/mol. The maximum Gasteiger partial charge on any atom is 0.422 e. The Morgan fingerprint density at radius 1 is 0.786 bits per heavy atom. The third-order valence-electron chi connectivity index (χ3n) is 2.70. The molecule has 2 aromatic carbocycles. The van der Waals surface area contributed by atoms with Gasteiger partial charge in [-0.25, -0.2) is 0 Å². The van der Waals surface area contributed by atoms with E-state index in [1.165, 1.54) is 48.5 Å². The van der Waals surface area contributed by atoms with Crippen LogP contribution in [0.25, 0.3) is 0 Å². The summed E-state index contributed by atoms with van der Waals surface area (Å²) >= 11 is 4.37. The van der Waals surface area contributed by atoms with Gasteiger partial charge in [0.05, 0.1) is 10.8 Å². The molecule has 28 heavy (non-hydrogen) atoms. The maximum atomic E-state index is 11.8. The van der Waals surface area contributed by atoms with Crippen molar-refractivity contribution in [1.29, 1.82) is 0 Å². The summed E-state index contributed by atoms with van der Waals surface area (Å²) in [6.07, 6.45) is -8.63. The van der Waals surface area contributed by atoms with Gasteiger partial charge < -0.3 is 15.2 Å². The number of nitrogens with zero attached hydrogens (tertiary/aromatic N) is 1. The summed E-state index contributed by atoms with van der Waals surface area (Å²) in [4.78, 5) is 3.64. The first-order valence-electron chi connectivity index (χ1n) is 7.41. The first-order valence-corrected chi connectivity index (χ1v) is 7.82. The number of nitrogen functional groups attached to an aromatic ring is 1. The third-order valence-corrected chi connectivity index (χ3v) is 2.79. The Kier molecular flexibility index (Phi) is 8.75. The fourth-order valence-corrected chi connectivity index (χ4v) is 1.67. The number of hydrogen-bond acceptors (Lipinski definition) is 5. The Balaban J connectivity index is 0.000000283. The molecular weight excluding hydrogens is 410 g/mol. The van der Waals surface area contributed by atoms with Gasteiger partial charge in [-0.05, 0) is 60.7 Å². The summed E-state index contributed by atoms with van der Waals surface area (Å²) in [5, 5.41) is 2.15. The third kappa shape index (κ3) is 11.0. The molecule has 0 aliphatic carbocycles. The number of thiocarbonyl (C=S) groups is 1. The molecule has 0 heterocycles. The minimum absolute atomic E-state index is 0.135. The van der Waals surface area contributed by atoms with Crippen LogP contribution in [0.1, 0.15) is 0 Å². The molecule has 11 heteroatoms. The van der Waals surface area contributed by atoms with Gasteiger partial charge in [0, 0.05) is 5.69 Å². The Morgan fingerprint density at radius 2 is 1.18 bits per heavy atom. The van der Waals surface area contributed by atoms with Gasteiger partial charge in [-0.1, -0.05) is 0 Å². The van der Waals surface area contributed by atoms with Crippen LogP contribution in [-0.2, 0) is 0 Å². The Labute approximate surface area is 161 Å². The van der Waals surface area contributed by atoms with Gasteiger partial charge >= 0.3 is 12.4 Å². The second-order valence-corrected chi connectivity index (χ2v) is 5.26. The summed E-state index contributed by atoms with van der Waals surface area (Å²) in [5.41, 5.74) is 6.33. The summed E-state index contributed by atoms with van der Waals surface area (Å²) in [6, 6.07) is 11.5. The molecule has 0 fully saturated rings. The van der Waals surface area contributed by atoms with Crippen molar-refractivity contribution in [3.63, 3.8) is 0 Å². The standard InChI is InChI=1S/C9H6F3NOS.C8H8F3NO/c10-9(11,12)5-14-8-3-1-7(2-4-8)13-6-15;9-8(10,11)5-13-7-3-1-6(12)2-4-7/h1-4H,5H2;1-4H,5,12H2. The van der Waals surface area contributed by atoms with Crippen LogP contribution < -0.4 is 15.2 Å². The molecule has 0 radical (unpaired) electrons. The average molecular weight is 424 g/mol. The van der Waals surface area contributed by atoms with E-state index >= 15 is 0 Å². The Hall–Kier alpha value is -2.78. The van der Waals surface area contributed by atoms with E-state index in [0.717, 1.165) is 0 Å². The van der Waals surface area contributed by atoms with Crippen LogP contribution in [0, 0.1) is 0 Å². The largest absolute Gasteiger partial charge is 0.484 e. The van der Waals surface area contributed by atoms with Gasteiger partial charge in [0.2, 0.25) is 0 Å². The van der Waals surface area contributed by atoms with Gasteiger partial charge in [0.25, 0.3) is 0 Å². The number of benzene rings is 2. The molecule has 0 bridgehead atoms. The topological polar surface area (TPSA) is 56.8 Å². The van der Waals surface area contributed by atoms with Crippen molar-refractivity contribution < 1.29 is 35.8 Å². The van der Waals surface area contributed by atoms with E-state index in [1.807, 2.05) is 0 Å². The first kappa shape index (κ1) is 23.3. The van der Waals surface area contributed by atoms with Gasteiger partial charge in [-0.3, -0.25) is 0 Å². The van der Waals surface area contributed by atoms with Crippen molar-refractivity contribution in [2.75, 3.05) is 18.9 Å². The van der Waals surface area contributed by atoms with Crippen LogP contribution in [0.15, 0.2) is 53.5 Å². The number of isothiocyanates is 1. The van der Waals surface area contributed by atoms with Crippen LogP contribution in [-0.4, -0.2) is 30.7 Å². The number of aliphatic imine (C=N–C) groups is 1. The zero-order valence-electron chi connectivity index (χ0n) is 14.1. The lowest BCUT2D eigenvalue weighted by Gasteiger charge is -2.08. The molecule has 4 nitrogen and oxygen atoms in total. The van der Waals surface area contributed by atoms with E-state index in [2.05, 4.69) is 31.8 Å². The maximum absolute atomic E-state index is 11.8. The van der Waals surface area contributed by atoms with E-state index < -0.39 is 25.6 Å². The zero-order chi connectivity index (χ0) is 21.2. The average Bonchev–Trinajstić information content (AvgIpc) is 2.60. The molecule has 2 N–H and O–H groups in total. The predicted octanol–water partition coefficient (Wildman–Crippen LogP) is 5.57. The molecule has 0 aliphatic heterocycles. The molecule has 0 saturated carbocycles. The summed E-state index contributed by atoms with van der Waals surface area (Å²) in [6.45, 7) is -2.58. The molecule has 2 aromatic rings. The van der Waals surface area contributed by atoms with E-state index in [0.29, 0.717) is 11.4 Å². The van der Waals surface area contributed by atoms with Crippen LogP contribution in [0.3, 0.4) is 0 Å². The van der Waals surface area contributed by atoms with Crippen LogP contribution in [0.2, 0.25) is 0 Å². The summed E-state index contributed by atoms with van der Waals surface area (Å²) in [7, 11) is 0. The van der Waals surface area contributed by atoms with Crippen molar-refractivity contribution in [3.8, 4) is 11.5 Å². The van der Waals surface area contributed by atoms with Crippen molar-refractivity contribution in [2.45, 2.75) is 12.4 Å². The highest BCUT2D eigenvalue weighted by Crippen LogP contribution is 2.21. The van der Waals surface area contributed by atoms with E-state index in [4.69, 9.17) is 5.73 Å². The fraction of sp³-hybridized carbons (Fsp3) is 0.235. The lowest BCUT2D eigenvalue weighted by Crippen LogP contribution is -2.19. The number of halogens is 6. The van der Waals surface area contributed by atoms with Crippen molar-refractivity contribution in [3.05, 3.63) is 48.5 Å². The molecule has 0 spiro atoms. The molecule has 2 rings (SSSR count). The zero-order valence-corrected chi connectivity index (χ0v) is 14.9. The Morgan fingerprint density at radius 3 is 1.54 bits per heavy atom. The van der Waals surface area contributed by atoms with Gasteiger partial charge in [-0.15, -0.1) is 0 Å². The molecule has 0 unspecified atom stereocenters. The van der Waals surface area contributed by atoms with Crippen molar-refractivity contribution in [1.82, 2.24) is 0 Å². The fourth-order valence-electron chi connectivity index (χ4n) is 1.56. The van der Waals surface area contributed by atoms with E-state index in [1.54, 1.807) is 0 Å². The normalized spacial score (nSPS) is 10.9. The molecule has 0 atom stereocenters. The highest BCUT2D eigenvalue weighted by atomic mass is 32.1. The van der Waals surface area contributed by atoms with Crippen LogP contribution in [0.5, 0.6) is 11.5 Å². The minimum atomic E-state index is -4.33. The molecule has 0 aromatic heterocycles. The second kappa shape index (κ2) is 10.5. The molecular formula is C17H14F6N2O2S. The van der Waals surface area contributed by atoms with E-state index in [-0.39, 0.29) is 11.5 Å². The Bertz CT molecular complexity index is 770. The first-order chi connectivity index (χ1) is 13.0. The quantitative estimate of drug-likeness (QED) is 0.295. The highest BCUT2D eigenvalue weighted by molar-refractivity contribution is 7.78. The van der Waals surface area contributed by atoms with E-state index in [9.17, 15) is 26.3 Å². The molecule has 0 amide bonds. The number of rotatable bonds is 5. The molecule has 152 valence electrons. The van der Waals surface area contributed by atoms with Crippen molar-refractivity contribution >= 4 is 28.8 Å². The van der Waals surface area contributed by atoms with Crippen LogP contribution in [0.4, 0.5) is 37.7 Å².